The van der Waals surface area contributed by atoms with Gasteiger partial charge in [0.15, 0.2) is 0 Å². The van der Waals surface area contributed by atoms with Gasteiger partial charge in [0.25, 0.3) is 0 Å². The van der Waals surface area contributed by atoms with Gasteiger partial charge in [-0.05, 0) is 24.5 Å². The lowest BCUT2D eigenvalue weighted by Crippen LogP contribution is -2.42. The topological polar surface area (TPSA) is 35.5 Å². The predicted molar refractivity (Wildman–Crippen MR) is 77.0 cm³/mol. The van der Waals surface area contributed by atoms with Crippen LogP contribution in [0.25, 0.3) is 0 Å². The van der Waals surface area contributed by atoms with Crippen LogP contribution >= 0.6 is 11.6 Å². The molecule has 0 aromatic heterocycles. The van der Waals surface area contributed by atoms with Gasteiger partial charge in [0.05, 0.1) is 12.2 Å². The number of ketones is 1. The summed E-state index contributed by atoms with van der Waals surface area (Å²) >= 11 is 6.13. The highest BCUT2D eigenvalue weighted by Crippen LogP contribution is 2.36. The molecule has 0 amide bonds. The van der Waals surface area contributed by atoms with E-state index in [1.54, 1.807) is 0 Å². The highest BCUT2D eigenvalue weighted by atomic mass is 35.5. The van der Waals surface area contributed by atoms with Gasteiger partial charge < -0.3 is 9.47 Å². The first-order valence-corrected chi connectivity index (χ1v) is 7.54. The van der Waals surface area contributed by atoms with Gasteiger partial charge >= 0.3 is 0 Å². The smallest absolute Gasteiger partial charge is 0.140 e. The molecule has 1 spiro atoms. The van der Waals surface area contributed by atoms with Crippen LogP contribution in [0, 0.1) is 5.92 Å². The summed E-state index contributed by atoms with van der Waals surface area (Å²) < 4.78 is 11.3. The van der Waals surface area contributed by atoms with Gasteiger partial charge in [-0.1, -0.05) is 29.8 Å². The zero-order chi connectivity index (χ0) is 14.0. The molecule has 4 heteroatoms. The number of ether oxygens (including phenoxy) is 2. The van der Waals surface area contributed by atoms with Crippen molar-refractivity contribution in [2.75, 3.05) is 19.8 Å². The van der Waals surface area contributed by atoms with Crippen molar-refractivity contribution in [1.82, 2.24) is 0 Å². The standard InChI is InChI=1S/C16H19ClO3/c17-14-4-2-1-3-12(14)9-15(18)13-5-7-20-16(10-13)6-8-19-11-16/h1-4,13H,5-11H2. The van der Waals surface area contributed by atoms with E-state index in [1.807, 2.05) is 24.3 Å². The third-order valence-electron chi connectivity index (χ3n) is 4.34. The van der Waals surface area contributed by atoms with E-state index in [4.69, 9.17) is 21.1 Å². The van der Waals surface area contributed by atoms with Gasteiger partial charge in [0.2, 0.25) is 0 Å². The second kappa shape index (κ2) is 5.84. The number of carbonyl (C=O) groups excluding carboxylic acids is 1. The molecule has 2 saturated heterocycles. The van der Waals surface area contributed by atoms with Crippen molar-refractivity contribution in [3.05, 3.63) is 34.9 Å². The van der Waals surface area contributed by atoms with Crippen LogP contribution in [0.2, 0.25) is 5.02 Å². The highest BCUT2D eigenvalue weighted by molar-refractivity contribution is 6.31. The summed E-state index contributed by atoms with van der Waals surface area (Å²) in [6, 6.07) is 7.56. The van der Waals surface area contributed by atoms with Crippen molar-refractivity contribution in [3.63, 3.8) is 0 Å². The summed E-state index contributed by atoms with van der Waals surface area (Å²) in [4.78, 5) is 12.5. The Kier molecular flexibility index (Phi) is 4.11. The van der Waals surface area contributed by atoms with Gasteiger partial charge in [0, 0.05) is 37.0 Å². The van der Waals surface area contributed by atoms with E-state index in [0.717, 1.165) is 31.4 Å². The van der Waals surface area contributed by atoms with Crippen molar-refractivity contribution in [2.24, 2.45) is 5.92 Å². The van der Waals surface area contributed by atoms with Gasteiger partial charge in [0.1, 0.15) is 5.78 Å². The van der Waals surface area contributed by atoms with Crippen LogP contribution in [0.4, 0.5) is 0 Å². The van der Waals surface area contributed by atoms with Crippen LogP contribution < -0.4 is 0 Å². The van der Waals surface area contributed by atoms with Crippen LogP contribution in [0.5, 0.6) is 0 Å². The summed E-state index contributed by atoms with van der Waals surface area (Å²) in [5, 5.41) is 0.673. The number of benzene rings is 1. The summed E-state index contributed by atoms with van der Waals surface area (Å²) in [5.74, 6) is 0.342. The first-order valence-electron chi connectivity index (χ1n) is 7.16. The van der Waals surface area contributed by atoms with E-state index >= 15 is 0 Å². The minimum absolute atomic E-state index is 0.0710. The highest BCUT2D eigenvalue weighted by Gasteiger charge is 2.42. The molecule has 1 aromatic carbocycles. The van der Waals surface area contributed by atoms with E-state index in [2.05, 4.69) is 0 Å². The molecule has 3 nitrogen and oxygen atoms in total. The monoisotopic (exact) mass is 294 g/mol. The Morgan fingerprint density at radius 1 is 1.35 bits per heavy atom. The third-order valence-corrected chi connectivity index (χ3v) is 4.71. The summed E-state index contributed by atoms with van der Waals surface area (Å²) in [6.45, 7) is 2.02. The number of hydrogen-bond acceptors (Lipinski definition) is 3. The molecule has 2 fully saturated rings. The predicted octanol–water partition coefficient (Wildman–Crippen LogP) is 3.04. The lowest BCUT2D eigenvalue weighted by molar-refractivity contribution is -0.136. The van der Waals surface area contributed by atoms with Crippen LogP contribution in [0.1, 0.15) is 24.8 Å². The van der Waals surface area contributed by atoms with Crippen molar-refractivity contribution in [2.45, 2.75) is 31.3 Å². The summed E-state index contributed by atoms with van der Waals surface area (Å²) in [5.41, 5.74) is 0.710. The second-order valence-electron chi connectivity index (χ2n) is 5.76. The van der Waals surface area contributed by atoms with E-state index in [-0.39, 0.29) is 17.3 Å². The van der Waals surface area contributed by atoms with E-state index in [0.29, 0.717) is 24.7 Å². The van der Waals surface area contributed by atoms with Crippen molar-refractivity contribution in [1.29, 1.82) is 0 Å². The van der Waals surface area contributed by atoms with Gasteiger partial charge in [-0.2, -0.15) is 0 Å². The normalized spacial score (nSPS) is 29.8. The molecule has 0 N–H and O–H groups in total. The molecule has 3 rings (SSSR count). The minimum Gasteiger partial charge on any atom is -0.378 e. The van der Waals surface area contributed by atoms with Gasteiger partial charge in [-0.15, -0.1) is 0 Å². The van der Waals surface area contributed by atoms with Crippen molar-refractivity contribution in [3.8, 4) is 0 Å². The van der Waals surface area contributed by atoms with Gasteiger partial charge in [-0.3, -0.25) is 4.79 Å². The van der Waals surface area contributed by atoms with Crippen LogP contribution in [-0.2, 0) is 20.7 Å². The van der Waals surface area contributed by atoms with E-state index in [1.165, 1.54) is 0 Å². The van der Waals surface area contributed by atoms with Gasteiger partial charge in [-0.25, -0.2) is 0 Å². The van der Waals surface area contributed by atoms with Crippen LogP contribution in [-0.4, -0.2) is 31.2 Å². The first-order chi connectivity index (χ1) is 9.69. The molecule has 0 bridgehead atoms. The Bertz CT molecular complexity index is 494. The maximum atomic E-state index is 12.5. The van der Waals surface area contributed by atoms with Crippen LogP contribution in [0.15, 0.2) is 24.3 Å². The number of Topliss-reactive ketones (excluding diaryl/α,β-unsaturated/α-hetero) is 1. The average Bonchev–Trinajstić information content (AvgIpc) is 2.89. The second-order valence-corrected chi connectivity index (χ2v) is 6.17. The fourth-order valence-corrected chi connectivity index (χ4v) is 3.34. The Hall–Kier alpha value is -0.900. The van der Waals surface area contributed by atoms with Crippen molar-refractivity contribution < 1.29 is 14.3 Å². The zero-order valence-corrected chi connectivity index (χ0v) is 12.2. The Balaban J connectivity index is 1.66. The van der Waals surface area contributed by atoms with E-state index < -0.39 is 0 Å². The molecular weight excluding hydrogens is 276 g/mol. The van der Waals surface area contributed by atoms with Crippen molar-refractivity contribution >= 4 is 17.4 Å². The Labute approximate surface area is 124 Å². The number of halogens is 1. The molecule has 0 saturated carbocycles. The molecule has 20 heavy (non-hydrogen) atoms. The molecule has 2 unspecified atom stereocenters. The largest absolute Gasteiger partial charge is 0.378 e. The molecule has 1 aromatic rings. The maximum absolute atomic E-state index is 12.5. The SMILES string of the molecule is O=C(Cc1ccccc1Cl)C1CCOC2(CCOC2)C1. The summed E-state index contributed by atoms with van der Waals surface area (Å²) in [7, 11) is 0. The average molecular weight is 295 g/mol. The van der Waals surface area contributed by atoms with E-state index in [9.17, 15) is 4.79 Å². The molecule has 2 atom stereocenters. The summed E-state index contributed by atoms with van der Waals surface area (Å²) in [6.07, 6.45) is 2.92. The maximum Gasteiger partial charge on any atom is 0.140 e. The first kappa shape index (κ1) is 14.1. The minimum atomic E-state index is -0.209. The number of hydrogen-bond donors (Lipinski definition) is 0. The molecule has 2 aliphatic heterocycles. The Morgan fingerprint density at radius 2 is 2.20 bits per heavy atom. The molecule has 2 aliphatic rings. The van der Waals surface area contributed by atoms with Crippen LogP contribution in [0.3, 0.4) is 0 Å². The molecule has 108 valence electrons. The molecule has 0 radical (unpaired) electrons. The lowest BCUT2D eigenvalue weighted by Gasteiger charge is -2.36. The fraction of sp³-hybridized carbons (Fsp3) is 0.562. The number of rotatable bonds is 3. The lowest BCUT2D eigenvalue weighted by atomic mass is 9.81. The Morgan fingerprint density at radius 3 is 2.95 bits per heavy atom. The number of carbonyl (C=O) groups is 1. The quantitative estimate of drug-likeness (QED) is 0.859. The zero-order valence-electron chi connectivity index (χ0n) is 11.4. The molecule has 2 heterocycles. The third kappa shape index (κ3) is 2.90. The molecular formula is C16H19ClO3. The molecule has 0 aliphatic carbocycles. The fourth-order valence-electron chi connectivity index (χ4n) is 3.14.